The van der Waals surface area contributed by atoms with E-state index in [0.29, 0.717) is 6.07 Å². The van der Waals surface area contributed by atoms with Gasteiger partial charge in [-0.3, -0.25) is 0 Å². The molecule has 0 saturated heterocycles. The summed E-state index contributed by atoms with van der Waals surface area (Å²) in [5.41, 5.74) is -2.27. The molecule has 1 aromatic carbocycles. The summed E-state index contributed by atoms with van der Waals surface area (Å²) in [6.07, 6.45) is -7.78. The van der Waals surface area contributed by atoms with Crippen molar-refractivity contribution in [1.29, 1.82) is 0 Å². The molecule has 0 atom stereocenters. The molecule has 1 aliphatic heterocycles. The third-order valence-corrected chi connectivity index (χ3v) is 10.3. The quantitative estimate of drug-likeness (QED) is 0.160. The van der Waals surface area contributed by atoms with Crippen molar-refractivity contribution in [1.82, 2.24) is 0 Å². The number of rotatable bonds is 7. The average Bonchev–Trinajstić information content (AvgIpc) is 2.98. The fourth-order valence-electron chi connectivity index (χ4n) is 2.80. The van der Waals surface area contributed by atoms with Crippen molar-refractivity contribution in [3.05, 3.63) is 33.4 Å². The van der Waals surface area contributed by atoms with Gasteiger partial charge in [-0.1, -0.05) is 0 Å². The van der Waals surface area contributed by atoms with Gasteiger partial charge in [0.2, 0.25) is 0 Å². The summed E-state index contributed by atoms with van der Waals surface area (Å²) < 4.78 is 227. The van der Waals surface area contributed by atoms with Crippen LogP contribution in [0, 0.1) is 3.57 Å². The molecule has 0 aliphatic carbocycles. The molecule has 0 fully saturated rings. The van der Waals surface area contributed by atoms with Gasteiger partial charge in [0.05, 0.1) is 0 Å². The molecule has 0 amide bonds. The van der Waals surface area contributed by atoms with E-state index in [0.717, 1.165) is 32.0 Å². The van der Waals surface area contributed by atoms with Crippen LogP contribution in [0.15, 0.2) is 24.3 Å². The Morgan fingerprint density at radius 3 is 1.33 bits per heavy atom. The fraction of sp³-hybridized carbons (Fsp3) is 0.647. The van der Waals surface area contributed by atoms with Crippen LogP contribution < -0.4 is 0 Å². The van der Waals surface area contributed by atoms with Gasteiger partial charge < -0.3 is 0 Å². The van der Waals surface area contributed by atoms with E-state index in [4.69, 9.17) is 0 Å². The zero-order valence-corrected chi connectivity index (χ0v) is 19.2. The minimum absolute atomic E-state index is 0.331. The molecule has 1 aliphatic rings. The number of alkyl halides is 18. The Bertz CT molecular complexity index is 997. The van der Waals surface area contributed by atoms with Gasteiger partial charge in [0.15, 0.2) is 0 Å². The van der Waals surface area contributed by atoms with Gasteiger partial charge in [-0.25, -0.2) is 0 Å². The van der Waals surface area contributed by atoms with Gasteiger partial charge >= 0.3 is 196 Å². The van der Waals surface area contributed by atoms with Crippen LogP contribution in [0.3, 0.4) is 0 Å². The number of fused-ring (bicyclic) bond motifs is 1. The zero-order valence-electron chi connectivity index (χ0n) is 17.0. The van der Waals surface area contributed by atoms with E-state index < -0.39 is 75.0 Å². The maximum absolute atomic E-state index is 14.7. The van der Waals surface area contributed by atoms with Gasteiger partial charge in [-0.2, -0.15) is 0 Å². The van der Waals surface area contributed by atoms with Gasteiger partial charge in [0.1, 0.15) is 0 Å². The molecule has 0 radical (unpaired) electrons. The van der Waals surface area contributed by atoms with Crippen molar-refractivity contribution in [2.24, 2.45) is 0 Å². The first-order chi connectivity index (χ1) is 15.6. The van der Waals surface area contributed by atoms with Gasteiger partial charge in [0.25, 0.3) is 0 Å². The molecule has 210 valence electrons. The molecule has 0 spiro atoms. The van der Waals surface area contributed by atoms with Crippen molar-refractivity contribution in [3.63, 3.8) is 0 Å². The molecule has 0 saturated carbocycles. The normalized spacial score (nSPS) is 19.5. The molecule has 0 unspecified atom stereocenters. The Kier molecular flexibility index (Phi) is 6.97. The van der Waals surface area contributed by atoms with Crippen molar-refractivity contribution in [3.8, 4) is 0 Å². The first-order valence-electron chi connectivity index (χ1n) is 8.78. The molecule has 36 heavy (non-hydrogen) atoms. The summed E-state index contributed by atoms with van der Waals surface area (Å²) in [6.45, 7) is 1.89. The second-order valence-electron chi connectivity index (χ2n) is 7.76. The molecule has 1 nitrogen and oxygen atoms in total. The zero-order chi connectivity index (χ0) is 28.8. The van der Waals surface area contributed by atoms with E-state index >= 15 is 0 Å². The number of hydrogen-bond acceptors (Lipinski definition) is 1. The molecule has 1 aromatic rings. The molecule has 0 N–H and O–H groups in total. The monoisotopic (exact) mass is 680 g/mol. The van der Waals surface area contributed by atoms with Crippen molar-refractivity contribution in [2.45, 2.75) is 65.1 Å². The van der Waals surface area contributed by atoms with E-state index in [1.54, 1.807) is 0 Å². The van der Waals surface area contributed by atoms with Gasteiger partial charge in [-0.05, 0) is 0 Å². The van der Waals surface area contributed by atoms with Crippen LogP contribution in [0.5, 0.6) is 0 Å². The third kappa shape index (κ3) is 3.75. The van der Waals surface area contributed by atoms with Crippen LogP contribution in [-0.4, -0.2) is 45.6 Å². The summed E-state index contributed by atoms with van der Waals surface area (Å²) in [4.78, 5) is 0. The first-order valence-corrected chi connectivity index (χ1v) is 11.8. The molecular weight excluding hydrogens is 670 g/mol. The Morgan fingerprint density at radius 1 is 0.556 bits per heavy atom. The predicted octanol–water partition coefficient (Wildman–Crippen LogP) is 8.51. The first kappa shape index (κ1) is 30.9. The maximum atomic E-state index is 14.7. The standard InChI is InChI=1S/C17H10F17IO/c1-9(2)7-5-3-4-6-8(7)35(36-9)17(33,34)15(28,29)13(24,25)11(20,21)10(18,19)12(22,23)14(26,27)16(30,31)32/h3-6H,1-2H3. The summed E-state index contributed by atoms with van der Waals surface area (Å²) in [5.74, 6) is -50.0. The summed E-state index contributed by atoms with van der Waals surface area (Å²) in [5, 5.41) is 0. The van der Waals surface area contributed by atoms with Crippen LogP contribution in [0.1, 0.15) is 19.4 Å². The van der Waals surface area contributed by atoms with E-state index in [1.807, 2.05) is 0 Å². The van der Waals surface area contributed by atoms with Crippen LogP contribution >= 0.6 is 20.2 Å². The van der Waals surface area contributed by atoms with E-state index in [1.165, 1.54) is 0 Å². The van der Waals surface area contributed by atoms with Crippen molar-refractivity contribution < 1.29 is 77.7 Å². The summed E-state index contributed by atoms with van der Waals surface area (Å²) >= 11 is -5.66. The van der Waals surface area contributed by atoms with Crippen LogP contribution in [-0.2, 0) is 8.67 Å². The molecule has 1 heterocycles. The fourth-order valence-corrected chi connectivity index (χ4v) is 8.23. The Balaban J connectivity index is 2.67. The molecule has 2 rings (SSSR count). The van der Waals surface area contributed by atoms with Gasteiger partial charge in [-0.15, -0.1) is 0 Å². The number of halogens is 18. The van der Waals surface area contributed by atoms with Crippen LogP contribution in [0.25, 0.3) is 0 Å². The van der Waals surface area contributed by atoms with Crippen LogP contribution in [0.4, 0.5) is 74.6 Å². The molecule has 0 aromatic heterocycles. The predicted molar refractivity (Wildman–Crippen MR) is 94.0 cm³/mol. The Labute approximate surface area is 196 Å². The van der Waals surface area contributed by atoms with Crippen molar-refractivity contribution >= 4 is 20.2 Å². The summed E-state index contributed by atoms with van der Waals surface area (Å²) in [6, 6.07) is 3.62. The second kappa shape index (κ2) is 8.11. The molecule has 0 bridgehead atoms. The van der Waals surface area contributed by atoms with E-state index in [2.05, 4.69) is 3.07 Å². The third-order valence-electron chi connectivity index (χ3n) is 4.88. The SMILES string of the molecule is CC1(C)OI(C(F)(F)C(F)(F)C(F)(F)C(F)(F)C(F)(F)C(F)(F)C(F)(F)C(F)(F)F)c2ccccc21. The topological polar surface area (TPSA) is 9.23 Å². The van der Waals surface area contributed by atoms with E-state index in [-0.39, 0.29) is 5.56 Å². The average molecular weight is 680 g/mol. The second-order valence-corrected chi connectivity index (χ2v) is 12.1. The minimum atomic E-state index is -8.64. The number of hydrogen-bond donors (Lipinski definition) is 0. The number of benzene rings is 1. The molecule has 19 heteroatoms. The summed E-state index contributed by atoms with van der Waals surface area (Å²) in [7, 11) is 0. The van der Waals surface area contributed by atoms with Crippen LogP contribution in [0.2, 0.25) is 0 Å². The Hall–Kier alpha value is -1.28. The Morgan fingerprint density at radius 2 is 0.917 bits per heavy atom. The van der Waals surface area contributed by atoms with Crippen molar-refractivity contribution in [2.75, 3.05) is 0 Å². The van der Waals surface area contributed by atoms with Gasteiger partial charge in [0, 0.05) is 0 Å². The van der Waals surface area contributed by atoms with E-state index in [9.17, 15) is 74.6 Å². The molecular formula is C17H10F17IO.